The second kappa shape index (κ2) is 9.11. The van der Waals surface area contributed by atoms with E-state index in [1.54, 1.807) is 12.1 Å². The molecule has 6 rings (SSSR count). The van der Waals surface area contributed by atoms with Crippen molar-refractivity contribution in [2.45, 2.75) is 48.8 Å². The van der Waals surface area contributed by atoms with Gasteiger partial charge in [-0.2, -0.15) is 13.2 Å². The number of anilines is 1. The molecule has 6 nitrogen and oxygen atoms in total. The lowest BCUT2D eigenvalue weighted by atomic mass is 9.93. The van der Waals surface area contributed by atoms with Crippen molar-refractivity contribution in [3.8, 4) is 11.3 Å². The molecule has 0 saturated carbocycles. The van der Waals surface area contributed by atoms with Crippen molar-refractivity contribution in [2.75, 3.05) is 18.0 Å². The Morgan fingerprint density at radius 1 is 1.08 bits per heavy atom. The average Bonchev–Trinajstić information content (AvgIpc) is 2.85. The summed E-state index contributed by atoms with van der Waals surface area (Å²) in [5.41, 5.74) is -1.32. The number of piperazine rings is 1. The second-order valence-corrected chi connectivity index (χ2v) is 11.2. The first-order chi connectivity index (χ1) is 17.0. The number of nitrogens with one attached hydrogen (secondary N) is 1. The minimum Gasteiger partial charge on any atom is -0.351 e. The van der Waals surface area contributed by atoms with Crippen LogP contribution in [0.25, 0.3) is 11.3 Å². The summed E-state index contributed by atoms with van der Waals surface area (Å²) in [4.78, 5) is 10.6. The summed E-state index contributed by atoms with van der Waals surface area (Å²) in [6, 6.07) is 10.6. The van der Waals surface area contributed by atoms with E-state index in [2.05, 4.69) is 20.2 Å². The van der Waals surface area contributed by atoms with E-state index in [1.807, 2.05) is 0 Å². The Balaban J connectivity index is 1.49. The Labute approximate surface area is 206 Å². The fourth-order valence-electron chi connectivity index (χ4n) is 4.86. The first kappa shape index (κ1) is 24.6. The topological polar surface area (TPSA) is 75.2 Å². The van der Waals surface area contributed by atoms with Gasteiger partial charge < -0.3 is 10.2 Å². The molecule has 1 aromatic carbocycles. The van der Waals surface area contributed by atoms with Crippen LogP contribution in [-0.4, -0.2) is 43.6 Å². The highest BCUT2D eigenvalue weighted by Gasteiger charge is 2.36. The van der Waals surface area contributed by atoms with Gasteiger partial charge in [0.05, 0.1) is 22.7 Å². The number of nitrogens with zero attached hydrogens (tertiary/aromatic N) is 3. The van der Waals surface area contributed by atoms with Gasteiger partial charge in [0.15, 0.2) is 5.03 Å². The van der Waals surface area contributed by atoms with Gasteiger partial charge in [-0.25, -0.2) is 17.8 Å². The van der Waals surface area contributed by atoms with Gasteiger partial charge in [0.2, 0.25) is 9.84 Å². The zero-order chi connectivity index (χ0) is 25.7. The maximum absolute atomic E-state index is 13.9. The van der Waals surface area contributed by atoms with Crippen LogP contribution in [0.2, 0.25) is 0 Å². The van der Waals surface area contributed by atoms with Crippen molar-refractivity contribution in [3.63, 3.8) is 0 Å². The van der Waals surface area contributed by atoms with Gasteiger partial charge in [-0.1, -0.05) is 12.1 Å². The van der Waals surface area contributed by atoms with Crippen LogP contribution in [-0.2, 0) is 21.8 Å². The highest BCUT2D eigenvalue weighted by molar-refractivity contribution is 7.90. The molecule has 0 unspecified atom stereocenters. The second-order valence-electron chi connectivity index (χ2n) is 9.24. The molecule has 0 spiro atoms. The molecule has 2 bridgehead atoms. The lowest BCUT2D eigenvalue weighted by molar-refractivity contribution is -0.137. The predicted molar refractivity (Wildman–Crippen MR) is 127 cm³/mol. The molecule has 2 atom stereocenters. The monoisotopic (exact) mass is 520 g/mol. The molecule has 0 radical (unpaired) electrons. The molecule has 3 fully saturated rings. The molecule has 0 amide bonds. The third-order valence-corrected chi connectivity index (χ3v) is 8.26. The predicted octanol–water partition coefficient (Wildman–Crippen LogP) is 4.52. The first-order valence-electron chi connectivity index (χ1n) is 11.5. The van der Waals surface area contributed by atoms with Crippen molar-refractivity contribution >= 4 is 15.7 Å². The van der Waals surface area contributed by atoms with Gasteiger partial charge in [0.1, 0.15) is 11.6 Å². The van der Waals surface area contributed by atoms with Gasteiger partial charge >= 0.3 is 6.18 Å². The van der Waals surface area contributed by atoms with Crippen molar-refractivity contribution in [1.29, 1.82) is 0 Å². The van der Waals surface area contributed by atoms with Gasteiger partial charge in [-0.15, -0.1) is 0 Å². The zero-order valence-electron chi connectivity index (χ0n) is 19.4. The van der Waals surface area contributed by atoms with Crippen molar-refractivity contribution in [1.82, 2.24) is 15.3 Å². The molecule has 2 aromatic heterocycles. The van der Waals surface area contributed by atoms with E-state index in [0.29, 0.717) is 17.4 Å². The largest absolute Gasteiger partial charge is 0.418 e. The molecule has 3 aliphatic heterocycles. The van der Waals surface area contributed by atoms with E-state index < -0.39 is 38.8 Å². The summed E-state index contributed by atoms with van der Waals surface area (Å²) < 4.78 is 81.5. The Morgan fingerprint density at radius 3 is 2.56 bits per heavy atom. The molecule has 3 aliphatic rings. The van der Waals surface area contributed by atoms with E-state index >= 15 is 0 Å². The maximum atomic E-state index is 13.9. The normalized spacial score (nSPS) is 20.1. The van der Waals surface area contributed by atoms with Crippen molar-refractivity contribution in [3.05, 3.63) is 71.2 Å². The molecule has 36 heavy (non-hydrogen) atoms. The number of fused-ring (bicyclic) bond motifs is 3. The highest BCUT2D eigenvalue weighted by atomic mass is 32.2. The Bertz CT molecular complexity index is 1400. The molecule has 5 heterocycles. The number of benzene rings is 1. The standard InChI is InChI=1S/C25H24F4N4O2S/c1-15-5-6-16(26)11-20(15)24-21(25(27,28)29)10-8-18(31-24)14-36(34,35)23-4-2-3-22(32-23)33-13-17-7-9-19(33)12-30-17/h2-6,8,10-11,17,19,30H,7,9,12-14H2,1H3/t17-,19-/m0/s1. The third-order valence-electron chi connectivity index (χ3n) is 6.72. The number of pyridine rings is 2. The van der Waals surface area contributed by atoms with Crippen LogP contribution in [0.15, 0.2) is 53.6 Å². The summed E-state index contributed by atoms with van der Waals surface area (Å²) in [6.45, 7) is 3.08. The van der Waals surface area contributed by atoms with E-state index in [1.165, 1.54) is 19.1 Å². The molecular weight excluding hydrogens is 496 g/mol. The van der Waals surface area contributed by atoms with Crippen LogP contribution >= 0.6 is 0 Å². The molecule has 1 N–H and O–H groups in total. The number of rotatable bonds is 5. The van der Waals surface area contributed by atoms with Gasteiger partial charge in [0.25, 0.3) is 0 Å². The fourth-order valence-corrected chi connectivity index (χ4v) is 6.07. The lowest BCUT2D eigenvalue weighted by Crippen LogP contribution is -2.61. The number of sulfone groups is 1. The van der Waals surface area contributed by atoms with E-state index in [-0.39, 0.29) is 22.3 Å². The molecular formula is C25H24F4N4O2S. The quantitative estimate of drug-likeness (QED) is 0.499. The number of hydrogen-bond acceptors (Lipinski definition) is 6. The minimum absolute atomic E-state index is 0.0459. The summed E-state index contributed by atoms with van der Waals surface area (Å²) in [5, 5.41) is 3.27. The van der Waals surface area contributed by atoms with Crippen LogP contribution in [0, 0.1) is 12.7 Å². The van der Waals surface area contributed by atoms with Gasteiger partial charge in [0, 0.05) is 30.7 Å². The van der Waals surface area contributed by atoms with Gasteiger partial charge in [-0.05, 0) is 61.7 Å². The maximum Gasteiger partial charge on any atom is 0.418 e. The number of piperidine rings is 2. The zero-order valence-corrected chi connectivity index (χ0v) is 20.2. The van der Waals surface area contributed by atoms with E-state index in [4.69, 9.17) is 0 Å². The Kier molecular flexibility index (Phi) is 6.24. The summed E-state index contributed by atoms with van der Waals surface area (Å²) >= 11 is 0. The van der Waals surface area contributed by atoms with Crippen LogP contribution in [0.4, 0.5) is 23.4 Å². The highest BCUT2D eigenvalue weighted by Crippen LogP contribution is 2.38. The summed E-state index contributed by atoms with van der Waals surface area (Å²) in [6.07, 6.45) is -2.70. The number of aryl methyl sites for hydroxylation is 1. The van der Waals surface area contributed by atoms with Crippen molar-refractivity contribution < 1.29 is 26.0 Å². The average molecular weight is 521 g/mol. The number of hydrogen-bond donors (Lipinski definition) is 1. The van der Waals surface area contributed by atoms with Crippen LogP contribution in [0.3, 0.4) is 0 Å². The smallest absolute Gasteiger partial charge is 0.351 e. The SMILES string of the molecule is Cc1ccc(F)cc1-c1nc(CS(=O)(=O)c2cccc(N3C[C@@H]4CC[C@H]3CN4)n2)ccc1C(F)(F)F. The van der Waals surface area contributed by atoms with E-state index in [0.717, 1.165) is 50.2 Å². The summed E-state index contributed by atoms with van der Waals surface area (Å²) in [7, 11) is -4.02. The molecule has 11 heteroatoms. The number of halogens is 4. The number of alkyl halides is 3. The van der Waals surface area contributed by atoms with Crippen LogP contribution < -0.4 is 10.2 Å². The Hall–Kier alpha value is -3.05. The minimum atomic E-state index is -4.75. The molecule has 3 saturated heterocycles. The number of aromatic nitrogens is 2. The fraction of sp³-hybridized carbons (Fsp3) is 0.360. The van der Waals surface area contributed by atoms with Gasteiger partial charge in [-0.3, -0.25) is 4.98 Å². The first-order valence-corrected chi connectivity index (χ1v) is 13.2. The Morgan fingerprint density at radius 2 is 1.89 bits per heavy atom. The molecule has 0 aliphatic carbocycles. The van der Waals surface area contributed by atoms with Crippen LogP contribution in [0.5, 0.6) is 0 Å². The van der Waals surface area contributed by atoms with Crippen LogP contribution in [0.1, 0.15) is 29.7 Å². The van der Waals surface area contributed by atoms with E-state index in [9.17, 15) is 26.0 Å². The summed E-state index contributed by atoms with van der Waals surface area (Å²) in [5.74, 6) is -0.800. The lowest BCUT2D eigenvalue weighted by Gasteiger charge is -2.46. The van der Waals surface area contributed by atoms with Crippen molar-refractivity contribution in [2.24, 2.45) is 0 Å². The molecule has 190 valence electrons. The third kappa shape index (κ3) is 4.81. The molecule has 3 aromatic rings.